The first-order chi connectivity index (χ1) is 8.56. The molecule has 5 heteroatoms. The molecule has 1 fully saturated rings. The van der Waals surface area contributed by atoms with E-state index in [2.05, 4.69) is 11.8 Å². The molecule has 0 spiro atoms. The minimum Gasteiger partial charge on any atom is -0.481 e. The quantitative estimate of drug-likeness (QED) is 0.739. The fourth-order valence-corrected chi connectivity index (χ4v) is 2.44. The summed E-state index contributed by atoms with van der Waals surface area (Å²) < 4.78 is 0. The van der Waals surface area contributed by atoms with E-state index in [-0.39, 0.29) is 18.7 Å². The summed E-state index contributed by atoms with van der Waals surface area (Å²) in [5.41, 5.74) is 0. The highest BCUT2D eigenvalue weighted by molar-refractivity contribution is 5.80. The number of carboxylic acid groups (broad SMARTS) is 1. The molecule has 1 rings (SSSR count). The molecule has 0 saturated carbocycles. The summed E-state index contributed by atoms with van der Waals surface area (Å²) in [4.78, 5) is 26.5. The van der Waals surface area contributed by atoms with Crippen molar-refractivity contribution in [3.05, 3.63) is 0 Å². The highest BCUT2D eigenvalue weighted by Gasteiger charge is 2.24. The first-order valence-electron chi connectivity index (χ1n) is 6.78. The molecule has 0 aliphatic carbocycles. The fraction of sp³-hybridized carbons (Fsp3) is 0.846. The van der Waals surface area contributed by atoms with Gasteiger partial charge in [0.05, 0.1) is 6.42 Å². The van der Waals surface area contributed by atoms with E-state index in [0.717, 1.165) is 32.6 Å². The van der Waals surface area contributed by atoms with Crippen LogP contribution in [-0.2, 0) is 9.59 Å². The van der Waals surface area contributed by atoms with E-state index in [1.54, 1.807) is 4.90 Å². The van der Waals surface area contributed by atoms with Gasteiger partial charge in [-0.3, -0.25) is 9.59 Å². The normalized spacial score (nSPS) is 20.0. The van der Waals surface area contributed by atoms with Crippen molar-refractivity contribution < 1.29 is 14.7 Å². The lowest BCUT2D eigenvalue weighted by molar-refractivity contribution is -0.141. The number of hydrogen-bond acceptors (Lipinski definition) is 3. The van der Waals surface area contributed by atoms with Crippen LogP contribution >= 0.6 is 0 Å². The molecule has 0 aromatic heterocycles. The van der Waals surface area contributed by atoms with E-state index in [1.807, 2.05) is 6.92 Å². The minimum absolute atomic E-state index is 0.0325. The number of hydrogen-bond donors (Lipinski definition) is 1. The second-order valence-corrected chi connectivity index (χ2v) is 4.87. The van der Waals surface area contributed by atoms with Crippen molar-refractivity contribution >= 4 is 11.9 Å². The molecule has 0 aromatic rings. The average Bonchev–Trinajstić information content (AvgIpc) is 2.80. The zero-order valence-corrected chi connectivity index (χ0v) is 11.4. The van der Waals surface area contributed by atoms with Crippen molar-refractivity contribution in [2.45, 2.75) is 33.1 Å². The zero-order chi connectivity index (χ0) is 13.5. The van der Waals surface area contributed by atoms with Gasteiger partial charge in [-0.1, -0.05) is 6.92 Å². The third-order valence-corrected chi connectivity index (χ3v) is 3.58. The third kappa shape index (κ3) is 4.64. The molecule has 0 aromatic carbocycles. The van der Waals surface area contributed by atoms with Gasteiger partial charge in [0.2, 0.25) is 5.91 Å². The first-order valence-corrected chi connectivity index (χ1v) is 6.78. The van der Waals surface area contributed by atoms with Crippen molar-refractivity contribution in [2.75, 3.05) is 32.7 Å². The monoisotopic (exact) mass is 256 g/mol. The SMILES string of the molecule is CCN1CC[C@H](CN(CC)C(=O)CCC(=O)O)C1. The van der Waals surface area contributed by atoms with Gasteiger partial charge in [-0.05, 0) is 32.4 Å². The predicted molar refractivity (Wildman–Crippen MR) is 69.3 cm³/mol. The van der Waals surface area contributed by atoms with Crippen LogP contribution in [0.25, 0.3) is 0 Å². The summed E-state index contributed by atoms with van der Waals surface area (Å²) in [5.74, 6) is -0.397. The maximum Gasteiger partial charge on any atom is 0.303 e. The summed E-state index contributed by atoms with van der Waals surface area (Å²) in [7, 11) is 0. The Morgan fingerprint density at radius 1 is 1.33 bits per heavy atom. The van der Waals surface area contributed by atoms with Gasteiger partial charge in [-0.2, -0.15) is 0 Å². The number of amides is 1. The first kappa shape index (κ1) is 15.0. The third-order valence-electron chi connectivity index (χ3n) is 3.58. The molecule has 18 heavy (non-hydrogen) atoms. The van der Waals surface area contributed by atoms with Crippen LogP contribution in [0.2, 0.25) is 0 Å². The summed E-state index contributed by atoms with van der Waals surface area (Å²) in [6.07, 6.45) is 1.19. The van der Waals surface area contributed by atoms with E-state index >= 15 is 0 Å². The number of likely N-dealkylation sites (tertiary alicyclic amines) is 1. The van der Waals surface area contributed by atoms with Crippen LogP contribution in [0.15, 0.2) is 0 Å². The molecule has 0 bridgehead atoms. The zero-order valence-electron chi connectivity index (χ0n) is 11.4. The van der Waals surface area contributed by atoms with Crippen LogP contribution in [0.1, 0.15) is 33.1 Å². The highest BCUT2D eigenvalue weighted by Crippen LogP contribution is 2.17. The molecule has 5 nitrogen and oxygen atoms in total. The summed E-state index contributed by atoms with van der Waals surface area (Å²) in [5, 5.41) is 8.59. The maximum atomic E-state index is 11.9. The average molecular weight is 256 g/mol. The lowest BCUT2D eigenvalue weighted by Crippen LogP contribution is -2.36. The van der Waals surface area contributed by atoms with E-state index in [9.17, 15) is 9.59 Å². The molecule has 1 N–H and O–H groups in total. The molecule has 1 amide bonds. The minimum atomic E-state index is -0.905. The van der Waals surface area contributed by atoms with Crippen LogP contribution in [-0.4, -0.2) is 59.5 Å². The van der Waals surface area contributed by atoms with Gasteiger partial charge >= 0.3 is 5.97 Å². The van der Waals surface area contributed by atoms with Gasteiger partial charge in [-0.15, -0.1) is 0 Å². The fourth-order valence-electron chi connectivity index (χ4n) is 2.44. The van der Waals surface area contributed by atoms with Crippen LogP contribution in [0.3, 0.4) is 0 Å². The lowest BCUT2D eigenvalue weighted by Gasteiger charge is -2.24. The molecule has 1 atom stereocenters. The molecule has 1 aliphatic heterocycles. The maximum absolute atomic E-state index is 11.9. The number of carboxylic acids is 1. The summed E-state index contributed by atoms with van der Waals surface area (Å²) in [6, 6.07) is 0. The number of rotatable bonds is 7. The van der Waals surface area contributed by atoms with Crippen molar-refractivity contribution in [3.63, 3.8) is 0 Å². The summed E-state index contributed by atoms with van der Waals surface area (Å²) in [6.45, 7) is 8.77. The number of carbonyl (C=O) groups excluding carboxylic acids is 1. The molecule has 0 radical (unpaired) electrons. The van der Waals surface area contributed by atoms with Crippen molar-refractivity contribution in [1.29, 1.82) is 0 Å². The Hall–Kier alpha value is -1.10. The Balaban J connectivity index is 2.37. The highest BCUT2D eigenvalue weighted by atomic mass is 16.4. The van der Waals surface area contributed by atoms with Gasteiger partial charge in [0.25, 0.3) is 0 Å². The molecular formula is C13H24N2O3. The Kier molecular flexibility index (Phi) is 6.12. The number of carbonyl (C=O) groups is 2. The lowest BCUT2D eigenvalue weighted by atomic mass is 10.1. The molecule has 104 valence electrons. The van der Waals surface area contributed by atoms with Crippen molar-refractivity contribution in [1.82, 2.24) is 9.80 Å². The van der Waals surface area contributed by atoms with E-state index in [0.29, 0.717) is 12.5 Å². The van der Waals surface area contributed by atoms with Gasteiger partial charge in [0.1, 0.15) is 0 Å². The van der Waals surface area contributed by atoms with Crippen LogP contribution in [0, 0.1) is 5.92 Å². The molecule has 0 unspecified atom stereocenters. The molecule has 1 heterocycles. The number of aliphatic carboxylic acids is 1. The van der Waals surface area contributed by atoms with Gasteiger partial charge < -0.3 is 14.9 Å². The van der Waals surface area contributed by atoms with Gasteiger partial charge in [0, 0.05) is 26.1 Å². The van der Waals surface area contributed by atoms with Crippen molar-refractivity contribution in [2.24, 2.45) is 5.92 Å². The van der Waals surface area contributed by atoms with E-state index < -0.39 is 5.97 Å². The van der Waals surface area contributed by atoms with Crippen LogP contribution in [0.4, 0.5) is 0 Å². The second kappa shape index (κ2) is 7.36. The number of nitrogens with zero attached hydrogens (tertiary/aromatic N) is 2. The van der Waals surface area contributed by atoms with E-state index in [4.69, 9.17) is 5.11 Å². The Labute approximate surface area is 109 Å². The van der Waals surface area contributed by atoms with Gasteiger partial charge in [0.15, 0.2) is 0 Å². The van der Waals surface area contributed by atoms with Crippen LogP contribution < -0.4 is 0 Å². The Morgan fingerprint density at radius 3 is 2.56 bits per heavy atom. The van der Waals surface area contributed by atoms with Crippen LogP contribution in [0.5, 0.6) is 0 Å². The second-order valence-electron chi connectivity index (χ2n) is 4.87. The van der Waals surface area contributed by atoms with E-state index in [1.165, 1.54) is 0 Å². The largest absolute Gasteiger partial charge is 0.481 e. The molecule has 1 saturated heterocycles. The summed E-state index contributed by atoms with van der Waals surface area (Å²) >= 11 is 0. The standard InChI is InChI=1S/C13H24N2O3/c1-3-14-8-7-11(9-14)10-15(4-2)12(16)5-6-13(17)18/h11H,3-10H2,1-2H3,(H,17,18)/t11-/m0/s1. The predicted octanol–water partition coefficient (Wildman–Crippen LogP) is 1.04. The Morgan fingerprint density at radius 2 is 2.06 bits per heavy atom. The molecule has 1 aliphatic rings. The topological polar surface area (TPSA) is 60.9 Å². The smallest absolute Gasteiger partial charge is 0.303 e. The van der Waals surface area contributed by atoms with Gasteiger partial charge in [-0.25, -0.2) is 0 Å². The molecular weight excluding hydrogens is 232 g/mol. The Bertz CT molecular complexity index is 294. The van der Waals surface area contributed by atoms with Crippen molar-refractivity contribution in [3.8, 4) is 0 Å².